The van der Waals surface area contributed by atoms with E-state index in [9.17, 15) is 9.59 Å². The summed E-state index contributed by atoms with van der Waals surface area (Å²) >= 11 is 6.91. The van der Waals surface area contributed by atoms with E-state index in [2.05, 4.69) is 4.90 Å². The molecule has 0 radical (unpaired) electrons. The van der Waals surface area contributed by atoms with Crippen LogP contribution in [-0.2, 0) is 4.79 Å². The predicted octanol–water partition coefficient (Wildman–Crippen LogP) is 4.53. The van der Waals surface area contributed by atoms with Crippen LogP contribution in [-0.4, -0.2) is 43.6 Å². The molecule has 0 aromatic carbocycles. The molecule has 6 nitrogen and oxygen atoms in total. The number of aromatic nitrogens is 2. The number of rotatable bonds is 3. The molecule has 3 aliphatic rings. The van der Waals surface area contributed by atoms with Gasteiger partial charge in [-0.15, -0.1) is 0 Å². The molecule has 1 amide bonds. The fourth-order valence-electron chi connectivity index (χ4n) is 4.99. The second-order valence-electron chi connectivity index (χ2n) is 8.98. The number of piperidine rings is 1. The lowest BCUT2D eigenvalue weighted by atomic mass is 9.94. The van der Waals surface area contributed by atoms with E-state index < -0.39 is 0 Å². The zero-order valence-electron chi connectivity index (χ0n) is 18.4. The Morgan fingerprint density at radius 1 is 1.06 bits per heavy atom. The van der Waals surface area contributed by atoms with Gasteiger partial charge in [-0.25, -0.2) is 4.98 Å². The van der Waals surface area contributed by atoms with Crippen LogP contribution in [0.15, 0.2) is 28.0 Å². The van der Waals surface area contributed by atoms with E-state index in [-0.39, 0.29) is 17.5 Å². The van der Waals surface area contributed by atoms with Crippen molar-refractivity contribution in [1.29, 1.82) is 0 Å². The number of thioether (sulfide) groups is 1. The van der Waals surface area contributed by atoms with Crippen molar-refractivity contribution in [2.75, 3.05) is 18.0 Å². The van der Waals surface area contributed by atoms with Crippen molar-refractivity contribution >= 4 is 51.7 Å². The molecule has 4 heterocycles. The first-order valence-electron chi connectivity index (χ1n) is 11.6. The van der Waals surface area contributed by atoms with Gasteiger partial charge in [0.15, 0.2) is 0 Å². The molecule has 0 N–H and O–H groups in total. The van der Waals surface area contributed by atoms with Crippen molar-refractivity contribution < 1.29 is 4.79 Å². The normalized spacial score (nSPS) is 21.8. The molecule has 32 heavy (non-hydrogen) atoms. The number of hydrogen-bond donors (Lipinski definition) is 0. The van der Waals surface area contributed by atoms with E-state index in [4.69, 9.17) is 17.2 Å². The van der Waals surface area contributed by atoms with Crippen LogP contribution in [0, 0.1) is 6.92 Å². The summed E-state index contributed by atoms with van der Waals surface area (Å²) in [5.74, 6) is 0.617. The van der Waals surface area contributed by atoms with Crippen molar-refractivity contribution in [3.63, 3.8) is 0 Å². The third-order valence-electron chi connectivity index (χ3n) is 6.68. The standard InChI is InChI=1S/C24H28N4O2S2/c1-16-10-11-20-25-21(26-12-6-3-7-13-26)18(22(29)27(20)15-16)14-19-23(30)28(24(31)32-19)17-8-4-2-5-9-17/h10-11,14-15,17H,2-9,12-13H2,1H3. The molecule has 8 heteroatoms. The highest BCUT2D eigenvalue weighted by Gasteiger charge is 2.38. The summed E-state index contributed by atoms with van der Waals surface area (Å²) in [6.07, 6.45) is 12.4. The number of thiocarbonyl (C=S) groups is 1. The quantitative estimate of drug-likeness (QED) is 0.487. The van der Waals surface area contributed by atoms with Crippen LogP contribution in [0.2, 0.25) is 0 Å². The molecule has 5 rings (SSSR count). The third-order valence-corrected chi connectivity index (χ3v) is 8.01. The lowest BCUT2D eigenvalue weighted by Gasteiger charge is -2.30. The number of carbonyl (C=O) groups is 1. The van der Waals surface area contributed by atoms with E-state index in [0.717, 1.165) is 57.2 Å². The van der Waals surface area contributed by atoms with Crippen LogP contribution in [0.4, 0.5) is 5.82 Å². The minimum atomic E-state index is -0.137. The molecule has 2 aliphatic heterocycles. The van der Waals surface area contributed by atoms with Crippen LogP contribution < -0.4 is 10.5 Å². The maximum Gasteiger partial charge on any atom is 0.267 e. The van der Waals surface area contributed by atoms with Crippen LogP contribution in [0.3, 0.4) is 0 Å². The predicted molar refractivity (Wildman–Crippen MR) is 134 cm³/mol. The summed E-state index contributed by atoms with van der Waals surface area (Å²) in [6, 6.07) is 4.04. The van der Waals surface area contributed by atoms with Crippen LogP contribution in [0.5, 0.6) is 0 Å². The van der Waals surface area contributed by atoms with E-state index in [0.29, 0.717) is 26.3 Å². The monoisotopic (exact) mass is 468 g/mol. The van der Waals surface area contributed by atoms with Gasteiger partial charge in [-0.1, -0.05) is 49.3 Å². The Morgan fingerprint density at radius 3 is 2.53 bits per heavy atom. The maximum atomic E-state index is 13.6. The lowest BCUT2D eigenvalue weighted by Crippen LogP contribution is -2.39. The molecule has 0 unspecified atom stereocenters. The minimum Gasteiger partial charge on any atom is -0.356 e. The van der Waals surface area contributed by atoms with E-state index in [1.807, 2.05) is 25.3 Å². The van der Waals surface area contributed by atoms with E-state index >= 15 is 0 Å². The Balaban J connectivity index is 1.60. The minimum absolute atomic E-state index is 0.0646. The summed E-state index contributed by atoms with van der Waals surface area (Å²) in [5.41, 5.74) is 1.97. The van der Waals surface area contributed by atoms with Gasteiger partial charge in [0.2, 0.25) is 0 Å². The number of amides is 1. The first-order valence-corrected chi connectivity index (χ1v) is 12.8. The molecule has 168 valence electrons. The molecular formula is C24H28N4O2S2. The summed E-state index contributed by atoms with van der Waals surface area (Å²) in [7, 11) is 0. The zero-order valence-corrected chi connectivity index (χ0v) is 20.0. The topological polar surface area (TPSA) is 57.9 Å². The van der Waals surface area contributed by atoms with Gasteiger partial charge >= 0.3 is 0 Å². The number of nitrogens with zero attached hydrogens (tertiary/aromatic N) is 4. The highest BCUT2D eigenvalue weighted by molar-refractivity contribution is 8.26. The molecule has 0 atom stereocenters. The van der Waals surface area contributed by atoms with Gasteiger partial charge < -0.3 is 4.90 Å². The molecule has 3 fully saturated rings. The summed E-state index contributed by atoms with van der Waals surface area (Å²) in [5, 5.41) is 0. The first kappa shape index (κ1) is 21.6. The largest absolute Gasteiger partial charge is 0.356 e. The van der Waals surface area contributed by atoms with E-state index in [1.165, 1.54) is 24.6 Å². The number of anilines is 1. The van der Waals surface area contributed by atoms with Gasteiger partial charge in [0.1, 0.15) is 15.8 Å². The Labute approximate surface area is 197 Å². The van der Waals surface area contributed by atoms with Gasteiger partial charge in [-0.05, 0) is 56.7 Å². The summed E-state index contributed by atoms with van der Waals surface area (Å²) in [6.45, 7) is 3.70. The van der Waals surface area contributed by atoms with Gasteiger partial charge in [-0.2, -0.15) is 0 Å². The molecule has 0 bridgehead atoms. The molecule has 2 aromatic rings. The van der Waals surface area contributed by atoms with Crippen molar-refractivity contribution in [2.24, 2.45) is 0 Å². The molecule has 0 spiro atoms. The van der Waals surface area contributed by atoms with Crippen LogP contribution in [0.25, 0.3) is 11.7 Å². The van der Waals surface area contributed by atoms with E-state index in [1.54, 1.807) is 15.4 Å². The number of hydrogen-bond acceptors (Lipinski definition) is 6. The van der Waals surface area contributed by atoms with Crippen molar-refractivity contribution in [3.8, 4) is 0 Å². The Hall–Kier alpha value is -2.19. The molecule has 2 saturated heterocycles. The van der Waals surface area contributed by atoms with Gasteiger partial charge in [0, 0.05) is 25.3 Å². The van der Waals surface area contributed by atoms with Gasteiger partial charge in [0.25, 0.3) is 11.5 Å². The zero-order chi connectivity index (χ0) is 22.2. The van der Waals surface area contributed by atoms with Crippen molar-refractivity contribution in [2.45, 2.75) is 64.3 Å². The molecule has 2 aromatic heterocycles. The fraction of sp³-hybridized carbons (Fsp3) is 0.500. The molecule has 1 aliphatic carbocycles. The smallest absolute Gasteiger partial charge is 0.267 e. The number of fused-ring (bicyclic) bond motifs is 1. The average Bonchev–Trinajstić information content (AvgIpc) is 3.09. The van der Waals surface area contributed by atoms with Crippen LogP contribution >= 0.6 is 24.0 Å². The molecular weight excluding hydrogens is 440 g/mol. The maximum absolute atomic E-state index is 13.6. The summed E-state index contributed by atoms with van der Waals surface area (Å²) in [4.78, 5) is 36.3. The average molecular weight is 469 g/mol. The highest BCUT2D eigenvalue weighted by atomic mass is 32.2. The Morgan fingerprint density at radius 2 is 1.78 bits per heavy atom. The third kappa shape index (κ3) is 3.99. The fourth-order valence-corrected chi connectivity index (χ4v) is 6.37. The van der Waals surface area contributed by atoms with Crippen molar-refractivity contribution in [1.82, 2.24) is 14.3 Å². The Kier molecular flexibility index (Phi) is 6.07. The number of carbonyl (C=O) groups excluding carboxylic acids is 1. The van der Waals surface area contributed by atoms with Crippen LogP contribution in [0.1, 0.15) is 62.5 Å². The SMILES string of the molecule is Cc1ccc2nc(N3CCCCC3)c(C=C3SC(=S)N(C4CCCCC4)C3=O)c(=O)n2c1. The number of aryl methyl sites for hydroxylation is 1. The highest BCUT2D eigenvalue weighted by Crippen LogP contribution is 2.38. The van der Waals surface area contributed by atoms with Gasteiger partial charge in [-0.3, -0.25) is 18.9 Å². The summed E-state index contributed by atoms with van der Waals surface area (Å²) < 4.78 is 2.20. The second kappa shape index (κ2) is 8.98. The lowest BCUT2D eigenvalue weighted by molar-refractivity contribution is -0.124. The first-order chi connectivity index (χ1) is 15.5. The Bertz CT molecular complexity index is 1160. The van der Waals surface area contributed by atoms with Crippen molar-refractivity contribution in [3.05, 3.63) is 44.7 Å². The molecule has 1 saturated carbocycles. The number of pyridine rings is 1. The second-order valence-corrected chi connectivity index (χ2v) is 10.7. The van der Waals surface area contributed by atoms with Gasteiger partial charge in [0.05, 0.1) is 10.5 Å².